The summed E-state index contributed by atoms with van der Waals surface area (Å²) in [6, 6.07) is 7.65. The zero-order chi connectivity index (χ0) is 22.9. The van der Waals surface area contributed by atoms with Crippen LogP contribution >= 0.6 is 11.6 Å². The standard InChI is InChI=1S/C24H32ClN5O2/c1-18(31)21-8-13-30(26-21)23(32)29-14-9-24(2,10-15-29)27(3)17-19-6-7-20(25)16-22(19)28-11-4-5-12-28/h6-8,13,16H,4-5,9-12,14-15,17H2,1-3H3. The van der Waals surface area contributed by atoms with Crippen molar-refractivity contribution in [1.82, 2.24) is 19.6 Å². The van der Waals surface area contributed by atoms with Crippen LogP contribution in [0.5, 0.6) is 0 Å². The summed E-state index contributed by atoms with van der Waals surface area (Å²) < 4.78 is 1.28. The fourth-order valence-electron chi connectivity index (χ4n) is 4.69. The minimum absolute atomic E-state index is 0.00659. The second-order valence-electron chi connectivity index (χ2n) is 9.29. The maximum absolute atomic E-state index is 12.8. The Morgan fingerprint density at radius 1 is 1.12 bits per heavy atom. The molecule has 2 aromatic rings. The summed E-state index contributed by atoms with van der Waals surface area (Å²) in [5.41, 5.74) is 2.86. The molecule has 1 aromatic heterocycles. The Hall–Kier alpha value is -2.38. The van der Waals surface area contributed by atoms with Gasteiger partial charge in [0.2, 0.25) is 0 Å². The number of likely N-dealkylation sites (tertiary alicyclic amines) is 1. The summed E-state index contributed by atoms with van der Waals surface area (Å²) in [6.07, 6.45) is 5.78. The van der Waals surface area contributed by atoms with Crippen LogP contribution in [0.1, 0.15) is 55.6 Å². The van der Waals surface area contributed by atoms with Gasteiger partial charge in [-0.05, 0) is 63.4 Å². The van der Waals surface area contributed by atoms with Gasteiger partial charge in [0.1, 0.15) is 5.69 Å². The highest BCUT2D eigenvalue weighted by atomic mass is 35.5. The molecule has 0 bridgehead atoms. The van der Waals surface area contributed by atoms with Crippen molar-refractivity contribution in [3.8, 4) is 0 Å². The zero-order valence-electron chi connectivity index (χ0n) is 19.2. The Morgan fingerprint density at radius 2 is 1.81 bits per heavy atom. The number of benzene rings is 1. The van der Waals surface area contributed by atoms with E-state index in [1.807, 2.05) is 11.0 Å². The first-order chi connectivity index (χ1) is 15.3. The molecule has 1 amide bonds. The average Bonchev–Trinajstić information content (AvgIpc) is 3.47. The van der Waals surface area contributed by atoms with Crippen molar-refractivity contribution in [1.29, 1.82) is 0 Å². The number of Topliss-reactive ketones (excluding diaryl/α,β-unsaturated/α-hetero) is 1. The second kappa shape index (κ2) is 9.24. The van der Waals surface area contributed by atoms with Gasteiger partial charge in [-0.15, -0.1) is 0 Å². The van der Waals surface area contributed by atoms with Gasteiger partial charge in [0.15, 0.2) is 5.78 Å². The molecule has 0 unspecified atom stereocenters. The topological polar surface area (TPSA) is 61.7 Å². The second-order valence-corrected chi connectivity index (χ2v) is 9.73. The lowest BCUT2D eigenvalue weighted by molar-refractivity contribution is 0.0586. The highest BCUT2D eigenvalue weighted by molar-refractivity contribution is 6.30. The van der Waals surface area contributed by atoms with E-state index in [0.717, 1.165) is 37.5 Å². The number of halogens is 1. The van der Waals surface area contributed by atoms with Gasteiger partial charge < -0.3 is 9.80 Å². The normalized spacial score (nSPS) is 18.4. The van der Waals surface area contributed by atoms with Crippen molar-refractivity contribution in [3.63, 3.8) is 0 Å². The molecule has 0 N–H and O–H groups in total. The zero-order valence-corrected chi connectivity index (χ0v) is 19.9. The third-order valence-corrected chi connectivity index (χ3v) is 7.32. The number of carbonyl (C=O) groups excluding carboxylic acids is 2. The third-order valence-electron chi connectivity index (χ3n) is 7.08. The van der Waals surface area contributed by atoms with Crippen molar-refractivity contribution in [2.45, 2.75) is 51.6 Å². The third kappa shape index (κ3) is 4.69. The Labute approximate surface area is 194 Å². The van der Waals surface area contributed by atoms with Crippen molar-refractivity contribution in [3.05, 3.63) is 46.7 Å². The summed E-state index contributed by atoms with van der Waals surface area (Å²) in [7, 11) is 2.17. The molecule has 0 radical (unpaired) electrons. The number of hydrogen-bond donors (Lipinski definition) is 0. The molecule has 2 aliphatic heterocycles. The van der Waals surface area contributed by atoms with E-state index in [0.29, 0.717) is 18.8 Å². The lowest BCUT2D eigenvalue weighted by Crippen LogP contribution is -2.53. The van der Waals surface area contributed by atoms with Crippen molar-refractivity contribution < 1.29 is 9.59 Å². The average molecular weight is 458 g/mol. The number of amides is 1. The maximum atomic E-state index is 12.8. The molecule has 2 fully saturated rings. The first kappa shape index (κ1) is 22.8. The van der Waals surface area contributed by atoms with Crippen LogP contribution in [-0.2, 0) is 6.54 Å². The number of aromatic nitrogens is 2. The van der Waals surface area contributed by atoms with Gasteiger partial charge in [-0.1, -0.05) is 17.7 Å². The smallest absolute Gasteiger partial charge is 0.344 e. The molecule has 0 aliphatic carbocycles. The van der Waals surface area contributed by atoms with Crippen LogP contribution in [0.25, 0.3) is 0 Å². The largest absolute Gasteiger partial charge is 0.371 e. The molecule has 2 aliphatic rings. The van der Waals surface area contributed by atoms with Gasteiger partial charge in [-0.2, -0.15) is 9.78 Å². The molecule has 7 nitrogen and oxygen atoms in total. The fraction of sp³-hybridized carbons (Fsp3) is 0.542. The number of piperidine rings is 1. The van der Waals surface area contributed by atoms with Gasteiger partial charge in [0, 0.05) is 62.1 Å². The Morgan fingerprint density at radius 3 is 2.44 bits per heavy atom. The number of carbonyl (C=O) groups is 2. The highest BCUT2D eigenvalue weighted by Gasteiger charge is 2.36. The fourth-order valence-corrected chi connectivity index (χ4v) is 4.86. The van der Waals surface area contributed by atoms with Crippen molar-refractivity contribution >= 4 is 29.1 Å². The number of nitrogens with zero attached hydrogens (tertiary/aromatic N) is 5. The molecule has 3 heterocycles. The number of ketones is 1. The van der Waals surface area contributed by atoms with E-state index >= 15 is 0 Å². The summed E-state index contributed by atoms with van der Waals surface area (Å²) in [6.45, 7) is 8.07. The van der Waals surface area contributed by atoms with Gasteiger partial charge in [0.05, 0.1) is 0 Å². The van der Waals surface area contributed by atoms with E-state index in [-0.39, 0.29) is 17.4 Å². The van der Waals surface area contributed by atoms with E-state index in [9.17, 15) is 9.59 Å². The minimum atomic E-state index is -0.170. The number of anilines is 1. The number of rotatable bonds is 5. The molecular weight excluding hydrogens is 426 g/mol. The van der Waals surface area contributed by atoms with Crippen LogP contribution in [-0.4, -0.2) is 70.2 Å². The summed E-state index contributed by atoms with van der Waals surface area (Å²) in [5, 5.41) is 4.90. The molecule has 2 saturated heterocycles. The van der Waals surface area contributed by atoms with Crippen LogP contribution in [0.4, 0.5) is 10.5 Å². The van der Waals surface area contributed by atoms with Crippen LogP contribution < -0.4 is 4.90 Å². The molecule has 1 aromatic carbocycles. The lowest BCUT2D eigenvalue weighted by Gasteiger charge is -2.45. The Balaban J connectivity index is 1.41. The summed E-state index contributed by atoms with van der Waals surface area (Å²) in [5.74, 6) is -0.139. The first-order valence-electron chi connectivity index (χ1n) is 11.4. The molecule has 32 heavy (non-hydrogen) atoms. The Kier molecular flexibility index (Phi) is 6.58. The summed E-state index contributed by atoms with van der Waals surface area (Å²) in [4.78, 5) is 31.0. The lowest BCUT2D eigenvalue weighted by atomic mass is 9.87. The predicted molar refractivity (Wildman–Crippen MR) is 127 cm³/mol. The van der Waals surface area contributed by atoms with Crippen LogP contribution in [0.15, 0.2) is 30.5 Å². The highest BCUT2D eigenvalue weighted by Crippen LogP contribution is 2.33. The van der Waals surface area contributed by atoms with Gasteiger partial charge in [-0.25, -0.2) is 4.79 Å². The minimum Gasteiger partial charge on any atom is -0.371 e. The van der Waals surface area contributed by atoms with E-state index in [1.54, 1.807) is 12.3 Å². The van der Waals surface area contributed by atoms with Gasteiger partial charge in [-0.3, -0.25) is 9.69 Å². The molecular formula is C24H32ClN5O2. The van der Waals surface area contributed by atoms with Crippen molar-refractivity contribution in [2.75, 3.05) is 38.1 Å². The van der Waals surface area contributed by atoms with E-state index in [4.69, 9.17) is 11.6 Å². The molecule has 8 heteroatoms. The monoisotopic (exact) mass is 457 g/mol. The van der Waals surface area contributed by atoms with Crippen LogP contribution in [0.2, 0.25) is 5.02 Å². The SMILES string of the molecule is CC(=O)c1ccn(C(=O)N2CCC(C)(N(C)Cc3ccc(Cl)cc3N3CCCC3)CC2)n1. The van der Waals surface area contributed by atoms with Gasteiger partial charge >= 0.3 is 6.03 Å². The Bertz CT molecular complexity index is 990. The molecule has 0 spiro atoms. The maximum Gasteiger partial charge on any atom is 0.344 e. The molecule has 4 rings (SSSR count). The number of hydrogen-bond acceptors (Lipinski definition) is 5. The quantitative estimate of drug-likeness (QED) is 0.626. The van der Waals surface area contributed by atoms with E-state index in [1.165, 1.54) is 35.7 Å². The van der Waals surface area contributed by atoms with E-state index in [2.05, 4.69) is 41.0 Å². The summed E-state index contributed by atoms with van der Waals surface area (Å²) >= 11 is 6.32. The molecule has 0 saturated carbocycles. The van der Waals surface area contributed by atoms with E-state index < -0.39 is 0 Å². The molecule has 0 atom stereocenters. The van der Waals surface area contributed by atoms with Gasteiger partial charge in [0.25, 0.3) is 0 Å². The van der Waals surface area contributed by atoms with Crippen LogP contribution in [0, 0.1) is 0 Å². The first-order valence-corrected chi connectivity index (χ1v) is 11.8. The van der Waals surface area contributed by atoms with Crippen molar-refractivity contribution in [2.24, 2.45) is 0 Å². The predicted octanol–water partition coefficient (Wildman–Crippen LogP) is 4.29. The molecule has 172 valence electrons. The van der Waals surface area contributed by atoms with Crippen LogP contribution in [0.3, 0.4) is 0 Å².